The van der Waals surface area contributed by atoms with E-state index in [9.17, 15) is 9.59 Å². The molecule has 1 N–H and O–H groups in total. The van der Waals surface area contributed by atoms with Crippen LogP contribution >= 0.6 is 11.6 Å². The molecule has 24 heavy (non-hydrogen) atoms. The fourth-order valence-corrected chi connectivity index (χ4v) is 3.06. The van der Waals surface area contributed by atoms with Crippen LogP contribution in [0.2, 0.25) is 5.02 Å². The van der Waals surface area contributed by atoms with Crippen LogP contribution < -0.4 is 5.32 Å². The third kappa shape index (κ3) is 3.41. The van der Waals surface area contributed by atoms with Crippen molar-refractivity contribution in [3.05, 3.63) is 64.4 Å². The van der Waals surface area contributed by atoms with Crippen LogP contribution in [0.15, 0.2) is 42.6 Å². The molecule has 5 nitrogen and oxygen atoms in total. The van der Waals surface area contributed by atoms with Crippen molar-refractivity contribution in [1.29, 1.82) is 0 Å². The minimum atomic E-state index is -0.696. The van der Waals surface area contributed by atoms with Gasteiger partial charge < -0.3 is 10.2 Å². The maximum atomic E-state index is 12.8. The lowest BCUT2D eigenvalue weighted by atomic mass is 10.0. The summed E-state index contributed by atoms with van der Waals surface area (Å²) in [5.41, 5.74) is 2.37. The summed E-state index contributed by atoms with van der Waals surface area (Å²) in [6.45, 7) is 2.80. The van der Waals surface area contributed by atoms with E-state index in [1.807, 2.05) is 25.1 Å². The second-order valence-electron chi connectivity index (χ2n) is 5.79. The van der Waals surface area contributed by atoms with Gasteiger partial charge in [0.2, 0.25) is 11.8 Å². The summed E-state index contributed by atoms with van der Waals surface area (Å²) in [5.74, 6) is -0.315. The number of nitrogens with one attached hydrogen (secondary N) is 1. The van der Waals surface area contributed by atoms with Crippen molar-refractivity contribution in [2.24, 2.45) is 0 Å². The first-order chi connectivity index (χ1) is 11.6. The number of piperazine rings is 1. The van der Waals surface area contributed by atoms with Gasteiger partial charge in [-0.2, -0.15) is 0 Å². The third-order valence-corrected chi connectivity index (χ3v) is 4.40. The standard InChI is InChI=1S/C18H18ClN3O2/c1-12-6-7-13(11-21-12)10-16(23)22-9-8-20-18(24)17(22)14-4-2-3-5-15(14)19/h2-7,11,17H,8-10H2,1H3,(H,20,24). The van der Waals surface area contributed by atoms with Gasteiger partial charge in [-0.05, 0) is 24.6 Å². The van der Waals surface area contributed by atoms with Crippen LogP contribution in [0.3, 0.4) is 0 Å². The first-order valence-corrected chi connectivity index (χ1v) is 8.17. The molecule has 1 aromatic carbocycles. The zero-order valence-electron chi connectivity index (χ0n) is 13.3. The molecule has 3 rings (SSSR count). The predicted molar refractivity (Wildman–Crippen MR) is 91.6 cm³/mol. The van der Waals surface area contributed by atoms with E-state index in [0.717, 1.165) is 11.3 Å². The highest BCUT2D eigenvalue weighted by Gasteiger charge is 2.35. The molecule has 0 bridgehead atoms. The first kappa shape index (κ1) is 16.5. The number of rotatable bonds is 3. The van der Waals surface area contributed by atoms with Crippen molar-refractivity contribution in [3.63, 3.8) is 0 Å². The SMILES string of the molecule is Cc1ccc(CC(=O)N2CCNC(=O)C2c2ccccc2Cl)cn1. The minimum absolute atomic E-state index is 0.111. The Morgan fingerprint density at radius 2 is 2.12 bits per heavy atom. The van der Waals surface area contributed by atoms with Gasteiger partial charge in [0.05, 0.1) is 6.42 Å². The summed E-state index contributed by atoms with van der Waals surface area (Å²) < 4.78 is 0. The average molecular weight is 344 g/mol. The van der Waals surface area contributed by atoms with Crippen LogP contribution in [0.25, 0.3) is 0 Å². The van der Waals surface area contributed by atoms with Crippen molar-refractivity contribution in [1.82, 2.24) is 15.2 Å². The number of hydrogen-bond acceptors (Lipinski definition) is 3. The van der Waals surface area contributed by atoms with Crippen LogP contribution in [-0.4, -0.2) is 34.8 Å². The lowest BCUT2D eigenvalue weighted by molar-refractivity contribution is -0.143. The average Bonchev–Trinajstić information content (AvgIpc) is 2.57. The first-order valence-electron chi connectivity index (χ1n) is 7.79. The molecule has 0 spiro atoms. The number of benzene rings is 1. The number of aromatic nitrogens is 1. The van der Waals surface area contributed by atoms with Crippen molar-refractivity contribution < 1.29 is 9.59 Å². The number of pyridine rings is 1. The van der Waals surface area contributed by atoms with Gasteiger partial charge in [-0.25, -0.2) is 0 Å². The van der Waals surface area contributed by atoms with Gasteiger partial charge in [0.15, 0.2) is 0 Å². The van der Waals surface area contributed by atoms with Crippen molar-refractivity contribution in [2.45, 2.75) is 19.4 Å². The van der Waals surface area contributed by atoms with E-state index in [-0.39, 0.29) is 18.2 Å². The highest BCUT2D eigenvalue weighted by Crippen LogP contribution is 2.29. The fourth-order valence-electron chi connectivity index (χ4n) is 2.82. The molecule has 2 aromatic rings. The molecule has 1 aliphatic rings. The van der Waals surface area contributed by atoms with Gasteiger partial charge in [-0.1, -0.05) is 35.9 Å². The smallest absolute Gasteiger partial charge is 0.247 e. The molecule has 1 saturated heterocycles. The van der Waals surface area contributed by atoms with Gasteiger partial charge in [0.25, 0.3) is 0 Å². The molecule has 0 saturated carbocycles. The normalized spacial score (nSPS) is 17.5. The van der Waals surface area contributed by atoms with Gasteiger partial charge in [-0.3, -0.25) is 14.6 Å². The van der Waals surface area contributed by atoms with Crippen molar-refractivity contribution >= 4 is 23.4 Å². The molecule has 1 unspecified atom stereocenters. The molecule has 1 aliphatic heterocycles. The molecule has 2 heterocycles. The zero-order valence-corrected chi connectivity index (χ0v) is 14.1. The molecule has 2 amide bonds. The lowest BCUT2D eigenvalue weighted by Gasteiger charge is -2.35. The molecule has 1 atom stereocenters. The van der Waals surface area contributed by atoms with Gasteiger partial charge in [0, 0.05) is 35.6 Å². The third-order valence-electron chi connectivity index (χ3n) is 4.06. The maximum Gasteiger partial charge on any atom is 0.247 e. The second kappa shape index (κ2) is 7.01. The highest BCUT2D eigenvalue weighted by atomic mass is 35.5. The Labute approximate surface area is 145 Å². The Morgan fingerprint density at radius 3 is 2.83 bits per heavy atom. The molecule has 1 fully saturated rings. The molecule has 124 valence electrons. The van der Waals surface area contributed by atoms with Crippen LogP contribution in [0.5, 0.6) is 0 Å². The van der Waals surface area contributed by atoms with Crippen LogP contribution in [0.1, 0.15) is 22.9 Å². The van der Waals surface area contributed by atoms with Crippen LogP contribution in [0.4, 0.5) is 0 Å². The summed E-state index contributed by atoms with van der Waals surface area (Å²) in [6.07, 6.45) is 1.91. The summed E-state index contributed by atoms with van der Waals surface area (Å²) in [6, 6.07) is 10.2. The number of carbonyl (C=O) groups excluding carboxylic acids is 2. The molecule has 0 aliphatic carbocycles. The Morgan fingerprint density at radius 1 is 1.33 bits per heavy atom. The number of hydrogen-bond donors (Lipinski definition) is 1. The zero-order chi connectivity index (χ0) is 17.1. The molecule has 6 heteroatoms. The van der Waals surface area contributed by atoms with Gasteiger partial charge >= 0.3 is 0 Å². The second-order valence-corrected chi connectivity index (χ2v) is 6.19. The molecule has 1 aromatic heterocycles. The number of carbonyl (C=O) groups is 2. The summed E-state index contributed by atoms with van der Waals surface area (Å²) in [4.78, 5) is 31.0. The van der Waals surface area contributed by atoms with Crippen molar-refractivity contribution in [3.8, 4) is 0 Å². The minimum Gasteiger partial charge on any atom is -0.352 e. The van der Waals surface area contributed by atoms with Crippen LogP contribution in [-0.2, 0) is 16.0 Å². The monoisotopic (exact) mass is 343 g/mol. The van der Waals surface area contributed by atoms with E-state index in [2.05, 4.69) is 10.3 Å². The summed E-state index contributed by atoms with van der Waals surface area (Å²) >= 11 is 6.24. The van der Waals surface area contributed by atoms with Gasteiger partial charge in [-0.15, -0.1) is 0 Å². The molecular weight excluding hydrogens is 326 g/mol. The van der Waals surface area contributed by atoms with E-state index in [1.54, 1.807) is 29.3 Å². The summed E-state index contributed by atoms with van der Waals surface area (Å²) in [5, 5.41) is 3.29. The quantitative estimate of drug-likeness (QED) is 0.930. The fraction of sp³-hybridized carbons (Fsp3) is 0.278. The number of halogens is 1. The van der Waals surface area contributed by atoms with E-state index >= 15 is 0 Å². The Hall–Kier alpha value is -2.40. The molecular formula is C18H18ClN3O2. The van der Waals surface area contributed by atoms with Crippen molar-refractivity contribution in [2.75, 3.05) is 13.1 Å². The van der Waals surface area contributed by atoms with E-state index < -0.39 is 6.04 Å². The number of amides is 2. The van der Waals surface area contributed by atoms with E-state index in [0.29, 0.717) is 23.7 Å². The largest absolute Gasteiger partial charge is 0.352 e. The van der Waals surface area contributed by atoms with Crippen LogP contribution in [0, 0.1) is 6.92 Å². The topological polar surface area (TPSA) is 62.3 Å². The molecule has 0 radical (unpaired) electrons. The van der Waals surface area contributed by atoms with E-state index in [1.165, 1.54) is 0 Å². The Bertz CT molecular complexity index is 761. The maximum absolute atomic E-state index is 12.8. The Kier molecular flexibility index (Phi) is 4.81. The predicted octanol–water partition coefficient (Wildman–Crippen LogP) is 2.29. The summed E-state index contributed by atoms with van der Waals surface area (Å²) in [7, 11) is 0. The van der Waals surface area contributed by atoms with E-state index in [4.69, 9.17) is 11.6 Å². The van der Waals surface area contributed by atoms with Gasteiger partial charge in [0.1, 0.15) is 6.04 Å². The lowest BCUT2D eigenvalue weighted by Crippen LogP contribution is -2.52. The highest BCUT2D eigenvalue weighted by molar-refractivity contribution is 6.31. The number of aryl methyl sites for hydroxylation is 1. The number of nitrogens with zero attached hydrogens (tertiary/aromatic N) is 2. The Balaban J connectivity index is 1.86.